The summed E-state index contributed by atoms with van der Waals surface area (Å²) < 4.78 is 0. The molecule has 3 N–H and O–H groups in total. The molecule has 2 aromatic carbocycles. The maximum atomic E-state index is 12.1. The van der Waals surface area contributed by atoms with Crippen molar-refractivity contribution in [2.24, 2.45) is 0 Å². The molecule has 0 aliphatic carbocycles. The largest absolute Gasteiger partial charge is 0.346 e. The van der Waals surface area contributed by atoms with Crippen LogP contribution in [0.25, 0.3) is 22.2 Å². The zero-order chi connectivity index (χ0) is 17.9. The van der Waals surface area contributed by atoms with Gasteiger partial charge >= 0.3 is 6.03 Å². The second kappa shape index (κ2) is 6.72. The first-order valence-corrected chi connectivity index (χ1v) is 8.36. The number of H-pyrrole nitrogens is 1. The zero-order valence-corrected chi connectivity index (χ0v) is 14.3. The molecule has 0 radical (unpaired) electrons. The van der Waals surface area contributed by atoms with Crippen LogP contribution < -0.4 is 10.6 Å². The molecular weight excluding hydrogens is 324 g/mol. The fourth-order valence-corrected chi connectivity index (χ4v) is 2.88. The number of aryl methyl sites for hydroxylation is 1. The molecule has 4 rings (SSSR count). The zero-order valence-electron chi connectivity index (χ0n) is 14.3. The summed E-state index contributed by atoms with van der Waals surface area (Å²) in [5, 5.41) is 6.74. The Hall–Kier alpha value is -3.60. The topological polar surface area (TPSA) is 69.8 Å². The first-order valence-electron chi connectivity index (χ1n) is 8.36. The van der Waals surface area contributed by atoms with Gasteiger partial charge in [-0.15, -0.1) is 0 Å². The van der Waals surface area contributed by atoms with Crippen LogP contribution in [0.3, 0.4) is 0 Å². The quantitative estimate of drug-likeness (QED) is 0.480. The Morgan fingerprint density at radius 2 is 1.54 bits per heavy atom. The van der Waals surface area contributed by atoms with Crippen molar-refractivity contribution in [1.82, 2.24) is 9.97 Å². The third-order valence-corrected chi connectivity index (χ3v) is 4.22. The fourth-order valence-electron chi connectivity index (χ4n) is 2.88. The highest BCUT2D eigenvalue weighted by molar-refractivity contribution is 6.00. The maximum Gasteiger partial charge on any atom is 0.323 e. The van der Waals surface area contributed by atoms with E-state index in [0.29, 0.717) is 0 Å². The van der Waals surface area contributed by atoms with Gasteiger partial charge in [-0.05, 0) is 54.4 Å². The summed E-state index contributed by atoms with van der Waals surface area (Å²) in [6.45, 7) is 2.01. The average Bonchev–Trinajstić information content (AvgIpc) is 3.13. The first kappa shape index (κ1) is 15.9. The van der Waals surface area contributed by atoms with E-state index in [0.717, 1.165) is 39.1 Å². The van der Waals surface area contributed by atoms with E-state index in [1.54, 1.807) is 6.20 Å². The Kier molecular flexibility index (Phi) is 4.11. The van der Waals surface area contributed by atoms with Gasteiger partial charge in [-0.3, -0.25) is 0 Å². The first-order chi connectivity index (χ1) is 12.7. The Balaban J connectivity index is 1.48. The number of amides is 2. The number of pyridine rings is 1. The minimum atomic E-state index is -0.265. The second-order valence-corrected chi connectivity index (χ2v) is 6.12. The van der Waals surface area contributed by atoms with Crippen molar-refractivity contribution in [2.45, 2.75) is 6.92 Å². The number of urea groups is 1. The Bertz CT molecular complexity index is 1050. The van der Waals surface area contributed by atoms with E-state index in [4.69, 9.17) is 0 Å². The maximum absolute atomic E-state index is 12.1. The molecule has 0 saturated carbocycles. The molecule has 0 aliphatic heterocycles. The van der Waals surface area contributed by atoms with Gasteiger partial charge in [-0.1, -0.05) is 29.8 Å². The molecule has 0 bridgehead atoms. The lowest BCUT2D eigenvalue weighted by Gasteiger charge is -2.09. The van der Waals surface area contributed by atoms with E-state index in [1.165, 1.54) is 0 Å². The number of hydrogen-bond donors (Lipinski definition) is 3. The highest BCUT2D eigenvalue weighted by atomic mass is 16.2. The van der Waals surface area contributed by atoms with Crippen LogP contribution in [0, 0.1) is 6.92 Å². The molecule has 2 heterocycles. The number of fused-ring (bicyclic) bond motifs is 1. The lowest BCUT2D eigenvalue weighted by molar-refractivity contribution is 0.262. The molecule has 4 aromatic rings. The normalized spacial score (nSPS) is 10.7. The van der Waals surface area contributed by atoms with Crippen LogP contribution in [0.1, 0.15) is 5.56 Å². The highest BCUT2D eigenvalue weighted by Gasteiger charge is 2.07. The van der Waals surface area contributed by atoms with Gasteiger partial charge in [0.2, 0.25) is 0 Å². The van der Waals surface area contributed by atoms with E-state index in [9.17, 15) is 4.79 Å². The van der Waals surface area contributed by atoms with Crippen molar-refractivity contribution in [1.29, 1.82) is 0 Å². The molecule has 128 valence electrons. The summed E-state index contributed by atoms with van der Waals surface area (Å²) in [5.74, 6) is 0. The molecule has 0 aliphatic rings. The number of hydrogen-bond acceptors (Lipinski definition) is 2. The van der Waals surface area contributed by atoms with E-state index in [1.807, 2.05) is 73.8 Å². The standard InChI is InChI=1S/C21H18N4O/c1-14-2-6-16(7-3-14)24-21(26)25-17-8-4-15(5-9-17)18-10-12-22-20-19(18)11-13-23-20/h2-13H,1H3,(H,22,23)(H2,24,25,26). The third kappa shape index (κ3) is 3.28. The molecule has 5 heteroatoms. The predicted molar refractivity (Wildman–Crippen MR) is 105 cm³/mol. The lowest BCUT2D eigenvalue weighted by Crippen LogP contribution is -2.19. The fraction of sp³-hybridized carbons (Fsp3) is 0.0476. The number of nitrogens with zero attached hydrogens (tertiary/aromatic N) is 1. The number of rotatable bonds is 3. The van der Waals surface area contributed by atoms with Crippen LogP contribution >= 0.6 is 0 Å². The molecule has 5 nitrogen and oxygen atoms in total. The predicted octanol–water partition coefficient (Wildman–Crippen LogP) is 5.18. The molecular formula is C21H18N4O. The molecule has 26 heavy (non-hydrogen) atoms. The molecule has 0 fully saturated rings. The van der Waals surface area contributed by atoms with Gasteiger partial charge in [-0.25, -0.2) is 9.78 Å². The average molecular weight is 342 g/mol. The number of aromatic nitrogens is 2. The Labute approximate surface area is 151 Å². The number of benzene rings is 2. The van der Waals surface area contributed by atoms with Gasteiger partial charge in [0.05, 0.1) is 0 Å². The molecule has 0 saturated heterocycles. The molecule has 0 atom stereocenters. The smallest absolute Gasteiger partial charge is 0.323 e. The van der Waals surface area contributed by atoms with Gasteiger partial charge in [0.25, 0.3) is 0 Å². The van der Waals surface area contributed by atoms with E-state index < -0.39 is 0 Å². The number of carbonyl (C=O) groups is 1. The van der Waals surface area contributed by atoms with E-state index in [2.05, 4.69) is 20.6 Å². The van der Waals surface area contributed by atoms with E-state index in [-0.39, 0.29) is 6.03 Å². The van der Waals surface area contributed by atoms with Gasteiger partial charge < -0.3 is 15.6 Å². The number of anilines is 2. The summed E-state index contributed by atoms with van der Waals surface area (Å²) in [5.41, 5.74) is 5.68. The molecule has 2 amide bonds. The highest BCUT2D eigenvalue weighted by Crippen LogP contribution is 2.27. The Morgan fingerprint density at radius 1 is 0.885 bits per heavy atom. The number of nitrogens with one attached hydrogen (secondary N) is 3. The minimum Gasteiger partial charge on any atom is -0.346 e. The second-order valence-electron chi connectivity index (χ2n) is 6.12. The summed E-state index contributed by atoms with van der Waals surface area (Å²) in [7, 11) is 0. The molecule has 0 unspecified atom stereocenters. The van der Waals surface area contributed by atoms with Crippen LogP contribution in [-0.4, -0.2) is 16.0 Å². The van der Waals surface area contributed by atoms with Crippen molar-refractivity contribution < 1.29 is 4.79 Å². The summed E-state index contributed by atoms with van der Waals surface area (Å²) in [4.78, 5) is 19.6. The van der Waals surface area contributed by atoms with Crippen molar-refractivity contribution >= 4 is 28.4 Å². The van der Waals surface area contributed by atoms with Crippen LogP contribution in [0.15, 0.2) is 73.1 Å². The summed E-state index contributed by atoms with van der Waals surface area (Å²) >= 11 is 0. The van der Waals surface area contributed by atoms with Crippen LogP contribution in [0.2, 0.25) is 0 Å². The lowest BCUT2D eigenvalue weighted by atomic mass is 10.0. The van der Waals surface area contributed by atoms with Gasteiger partial charge in [-0.2, -0.15) is 0 Å². The summed E-state index contributed by atoms with van der Waals surface area (Å²) in [6, 6.07) is 19.2. The monoisotopic (exact) mass is 342 g/mol. The number of aromatic amines is 1. The van der Waals surface area contributed by atoms with E-state index >= 15 is 0 Å². The SMILES string of the molecule is Cc1ccc(NC(=O)Nc2ccc(-c3ccnc4[nH]ccc34)cc2)cc1. The van der Waals surface area contributed by atoms with Crippen LogP contribution in [0.4, 0.5) is 16.2 Å². The third-order valence-electron chi connectivity index (χ3n) is 4.22. The summed E-state index contributed by atoms with van der Waals surface area (Å²) in [6.07, 6.45) is 3.67. The van der Waals surface area contributed by atoms with Gasteiger partial charge in [0, 0.05) is 29.2 Å². The van der Waals surface area contributed by atoms with Crippen molar-refractivity contribution in [3.05, 3.63) is 78.6 Å². The minimum absolute atomic E-state index is 0.265. The molecule has 0 spiro atoms. The Morgan fingerprint density at radius 3 is 2.23 bits per heavy atom. The van der Waals surface area contributed by atoms with Gasteiger partial charge in [0.1, 0.15) is 5.65 Å². The van der Waals surface area contributed by atoms with Crippen LogP contribution in [0.5, 0.6) is 0 Å². The van der Waals surface area contributed by atoms with Crippen molar-refractivity contribution in [3.63, 3.8) is 0 Å². The van der Waals surface area contributed by atoms with Crippen LogP contribution in [-0.2, 0) is 0 Å². The molecule has 2 aromatic heterocycles. The number of carbonyl (C=O) groups excluding carboxylic acids is 1. The van der Waals surface area contributed by atoms with Crippen molar-refractivity contribution in [3.8, 4) is 11.1 Å². The van der Waals surface area contributed by atoms with Gasteiger partial charge in [0.15, 0.2) is 0 Å². The van der Waals surface area contributed by atoms with Crippen molar-refractivity contribution in [2.75, 3.05) is 10.6 Å².